The Morgan fingerprint density at radius 3 is 2.96 bits per heavy atom. The fraction of sp³-hybridized carbons (Fsp3) is 0.400. The maximum absolute atomic E-state index is 12.7. The molecule has 1 saturated heterocycles. The van der Waals surface area contributed by atoms with Crippen molar-refractivity contribution in [1.82, 2.24) is 9.88 Å². The van der Waals surface area contributed by atoms with Gasteiger partial charge in [-0.1, -0.05) is 12.1 Å². The number of halogens is 1. The van der Waals surface area contributed by atoms with E-state index in [2.05, 4.69) is 52.7 Å². The van der Waals surface area contributed by atoms with Crippen molar-refractivity contribution in [3.63, 3.8) is 0 Å². The van der Waals surface area contributed by atoms with Gasteiger partial charge in [0.2, 0.25) is 0 Å². The third-order valence-electron chi connectivity index (χ3n) is 4.57. The number of hydrogen-bond acceptors (Lipinski definition) is 4. The number of morpholine rings is 1. The van der Waals surface area contributed by atoms with E-state index >= 15 is 0 Å². The summed E-state index contributed by atoms with van der Waals surface area (Å²) in [6.07, 6.45) is 1.60. The highest BCUT2D eigenvalue weighted by atomic mass is 127. The molecule has 1 aliphatic rings. The molecule has 0 saturated carbocycles. The number of carbonyl (C=O) groups excluding carboxylic acids is 1. The molecule has 138 valence electrons. The predicted octanol–water partition coefficient (Wildman–Crippen LogP) is 3.36. The quantitative estimate of drug-likeness (QED) is 0.635. The maximum Gasteiger partial charge on any atom is 0.255 e. The Morgan fingerprint density at radius 2 is 2.19 bits per heavy atom. The minimum atomic E-state index is -0.105. The molecule has 0 N–H and O–H groups in total. The highest BCUT2D eigenvalue weighted by Gasteiger charge is 2.26. The summed E-state index contributed by atoms with van der Waals surface area (Å²) in [4.78, 5) is 18.8. The third kappa shape index (κ3) is 4.61. The summed E-state index contributed by atoms with van der Waals surface area (Å²) >= 11 is 2.33. The molecular formula is C20H23IN2O3. The largest absolute Gasteiger partial charge is 0.374 e. The summed E-state index contributed by atoms with van der Waals surface area (Å²) in [7, 11) is 0. The van der Waals surface area contributed by atoms with E-state index < -0.39 is 0 Å². The first-order valence-electron chi connectivity index (χ1n) is 8.70. The second kappa shape index (κ2) is 8.92. The van der Waals surface area contributed by atoms with E-state index in [0.717, 1.165) is 5.69 Å². The topological polar surface area (TPSA) is 51.7 Å². The molecule has 1 unspecified atom stereocenters. The van der Waals surface area contributed by atoms with Crippen molar-refractivity contribution < 1.29 is 14.3 Å². The number of carbonyl (C=O) groups is 1. The highest BCUT2D eigenvalue weighted by Crippen LogP contribution is 2.18. The van der Waals surface area contributed by atoms with Gasteiger partial charge in [-0.05, 0) is 65.8 Å². The molecule has 1 amide bonds. The van der Waals surface area contributed by atoms with E-state index in [0.29, 0.717) is 38.5 Å². The molecule has 1 aromatic heterocycles. The van der Waals surface area contributed by atoms with Crippen LogP contribution in [-0.4, -0.2) is 48.2 Å². The van der Waals surface area contributed by atoms with Crippen molar-refractivity contribution >= 4 is 28.5 Å². The second-order valence-corrected chi connectivity index (χ2v) is 7.59. The zero-order chi connectivity index (χ0) is 18.5. The highest BCUT2D eigenvalue weighted by molar-refractivity contribution is 14.1. The van der Waals surface area contributed by atoms with Crippen molar-refractivity contribution in [3.05, 3.63) is 62.5 Å². The molecule has 1 fully saturated rings. The molecule has 0 spiro atoms. The Kier molecular flexibility index (Phi) is 6.61. The lowest BCUT2D eigenvalue weighted by Crippen LogP contribution is -2.47. The van der Waals surface area contributed by atoms with Crippen molar-refractivity contribution in [2.75, 3.05) is 26.3 Å². The number of pyridine rings is 1. The summed E-state index contributed by atoms with van der Waals surface area (Å²) in [6.45, 7) is 6.64. The van der Waals surface area contributed by atoms with Crippen LogP contribution < -0.4 is 0 Å². The molecule has 3 rings (SSSR count). The molecule has 5 nitrogen and oxygen atoms in total. The van der Waals surface area contributed by atoms with E-state index in [1.807, 2.05) is 17.9 Å². The molecule has 2 heterocycles. The number of aromatic nitrogens is 1. The van der Waals surface area contributed by atoms with Crippen molar-refractivity contribution in [2.24, 2.45) is 0 Å². The fourth-order valence-corrected chi connectivity index (χ4v) is 3.82. The van der Waals surface area contributed by atoms with E-state index in [4.69, 9.17) is 9.47 Å². The van der Waals surface area contributed by atoms with Gasteiger partial charge in [-0.2, -0.15) is 0 Å². The van der Waals surface area contributed by atoms with E-state index in [-0.39, 0.29) is 12.0 Å². The lowest BCUT2D eigenvalue weighted by molar-refractivity contribution is -0.0648. The number of hydrogen-bond donors (Lipinski definition) is 0. The molecule has 6 heteroatoms. The summed E-state index contributed by atoms with van der Waals surface area (Å²) in [6, 6.07) is 9.85. The van der Waals surface area contributed by atoms with E-state index in [1.54, 1.807) is 12.3 Å². The lowest BCUT2D eigenvalue weighted by Gasteiger charge is -2.33. The Bertz CT molecular complexity index is 761. The van der Waals surface area contributed by atoms with Gasteiger partial charge in [-0.15, -0.1) is 0 Å². The van der Waals surface area contributed by atoms with Gasteiger partial charge in [0, 0.05) is 28.6 Å². The normalized spacial score (nSPS) is 17.3. The average molecular weight is 466 g/mol. The minimum absolute atomic E-state index is 0.0114. The van der Waals surface area contributed by atoms with Crippen molar-refractivity contribution in [1.29, 1.82) is 0 Å². The van der Waals surface area contributed by atoms with Crippen LogP contribution >= 0.6 is 22.6 Å². The van der Waals surface area contributed by atoms with Crippen LogP contribution in [0.4, 0.5) is 0 Å². The smallest absolute Gasteiger partial charge is 0.255 e. The van der Waals surface area contributed by atoms with Gasteiger partial charge < -0.3 is 14.4 Å². The van der Waals surface area contributed by atoms with Crippen LogP contribution in [0.1, 0.15) is 27.2 Å². The molecule has 2 aromatic rings. The standard InChI is InChI=1S/C20H23IN2O3/c1-14-5-3-7-19(21)18(14)13-25-12-16-11-23(9-10-26-16)20(24)17-6-4-8-22-15(17)2/h3-8,16H,9-13H2,1-2H3. The van der Waals surface area contributed by atoms with Gasteiger partial charge in [-0.25, -0.2) is 0 Å². The summed E-state index contributed by atoms with van der Waals surface area (Å²) in [5.74, 6) is 0.0114. The Labute approximate surface area is 167 Å². The van der Waals surface area contributed by atoms with Crippen molar-refractivity contribution in [3.8, 4) is 0 Å². The molecule has 26 heavy (non-hydrogen) atoms. The zero-order valence-corrected chi connectivity index (χ0v) is 17.2. The zero-order valence-electron chi connectivity index (χ0n) is 15.1. The Morgan fingerprint density at radius 1 is 1.35 bits per heavy atom. The predicted molar refractivity (Wildman–Crippen MR) is 108 cm³/mol. The van der Waals surface area contributed by atoms with Crippen molar-refractivity contribution in [2.45, 2.75) is 26.6 Å². The first kappa shape index (κ1) is 19.3. The monoisotopic (exact) mass is 466 g/mol. The molecule has 1 aliphatic heterocycles. The average Bonchev–Trinajstić information content (AvgIpc) is 2.64. The van der Waals surface area contributed by atoms with Crippen LogP contribution in [-0.2, 0) is 16.1 Å². The molecular weight excluding hydrogens is 443 g/mol. The number of ether oxygens (including phenoxy) is 2. The van der Waals surface area contributed by atoms with Gasteiger partial charge in [0.15, 0.2) is 0 Å². The van der Waals surface area contributed by atoms with Crippen LogP contribution in [0.3, 0.4) is 0 Å². The molecule has 1 atom stereocenters. The SMILES string of the molecule is Cc1cccc(I)c1COCC1CN(C(=O)c2cccnc2C)CCO1. The number of benzene rings is 1. The summed E-state index contributed by atoms with van der Waals surface area (Å²) in [5, 5.41) is 0. The minimum Gasteiger partial charge on any atom is -0.374 e. The van der Waals surface area contributed by atoms with Gasteiger partial charge in [0.1, 0.15) is 0 Å². The molecule has 0 radical (unpaired) electrons. The van der Waals surface area contributed by atoms with Gasteiger partial charge in [0.05, 0.1) is 31.5 Å². The molecule has 1 aromatic carbocycles. The van der Waals surface area contributed by atoms with E-state index in [9.17, 15) is 4.79 Å². The van der Waals surface area contributed by atoms with Crippen LogP contribution in [0, 0.1) is 17.4 Å². The van der Waals surface area contributed by atoms with Crippen LogP contribution in [0.2, 0.25) is 0 Å². The first-order chi connectivity index (χ1) is 12.6. The fourth-order valence-electron chi connectivity index (χ4n) is 3.03. The number of rotatable bonds is 5. The lowest BCUT2D eigenvalue weighted by atomic mass is 10.1. The summed E-state index contributed by atoms with van der Waals surface area (Å²) in [5.41, 5.74) is 3.85. The maximum atomic E-state index is 12.7. The van der Waals surface area contributed by atoms with Gasteiger partial charge in [0.25, 0.3) is 5.91 Å². The van der Waals surface area contributed by atoms with Gasteiger partial charge >= 0.3 is 0 Å². The van der Waals surface area contributed by atoms with E-state index in [1.165, 1.54) is 14.7 Å². The first-order valence-corrected chi connectivity index (χ1v) is 9.78. The van der Waals surface area contributed by atoms with Crippen LogP contribution in [0.25, 0.3) is 0 Å². The Balaban J connectivity index is 1.56. The summed E-state index contributed by atoms with van der Waals surface area (Å²) < 4.78 is 12.9. The second-order valence-electron chi connectivity index (χ2n) is 6.43. The molecule has 0 aliphatic carbocycles. The molecule has 0 bridgehead atoms. The number of aryl methyl sites for hydroxylation is 2. The third-order valence-corrected chi connectivity index (χ3v) is 5.58. The Hall–Kier alpha value is -1.51. The number of amides is 1. The van der Waals surface area contributed by atoms with Gasteiger partial charge in [-0.3, -0.25) is 9.78 Å². The van der Waals surface area contributed by atoms with Crippen LogP contribution in [0.15, 0.2) is 36.5 Å². The number of nitrogens with zero attached hydrogens (tertiary/aromatic N) is 2. The van der Waals surface area contributed by atoms with Crippen LogP contribution in [0.5, 0.6) is 0 Å².